The molecule has 3 heteroatoms. The van der Waals surface area contributed by atoms with E-state index < -0.39 is 0 Å². The van der Waals surface area contributed by atoms with Crippen molar-refractivity contribution in [1.29, 1.82) is 0 Å². The summed E-state index contributed by atoms with van der Waals surface area (Å²) in [6, 6.07) is 39.4. The van der Waals surface area contributed by atoms with Crippen LogP contribution in [0, 0.1) is 0 Å². The first-order chi connectivity index (χ1) is 15.3. The number of hydrogen-bond donors (Lipinski definition) is 0. The predicted octanol–water partition coefficient (Wildman–Crippen LogP) is 5.98. The van der Waals surface area contributed by atoms with E-state index in [0.29, 0.717) is 24.4 Å². The fourth-order valence-electron chi connectivity index (χ4n) is 3.41. The monoisotopic (exact) mass is 404 g/mol. The van der Waals surface area contributed by atoms with Gasteiger partial charge in [0.05, 0.1) is 13.1 Å². The van der Waals surface area contributed by atoms with E-state index in [9.17, 15) is 4.79 Å². The van der Waals surface area contributed by atoms with Crippen LogP contribution < -0.4 is 0 Å². The Morgan fingerprint density at radius 1 is 0.548 bits per heavy atom. The van der Waals surface area contributed by atoms with Crippen LogP contribution in [-0.4, -0.2) is 16.5 Å². The van der Waals surface area contributed by atoms with Crippen LogP contribution in [0.4, 0.5) is 0 Å². The molecule has 0 fully saturated rings. The number of hydrogen-bond acceptors (Lipinski definition) is 3. The van der Waals surface area contributed by atoms with Crippen LogP contribution in [0.5, 0.6) is 0 Å². The topological polar surface area (TPSA) is 32.7 Å². The molecule has 4 aromatic carbocycles. The standard InChI is InChI=1S/C28H24N2O/c31-28(26-19-11-4-12-20-26)27(25-17-9-3-10-18-25)29-30(21-23-13-5-1-6-14-23)22-24-15-7-2-8-16-24/h1-20H,21-22H2/b29-27+. The van der Waals surface area contributed by atoms with Gasteiger partial charge in [0.25, 0.3) is 0 Å². The Labute approximate surface area is 183 Å². The van der Waals surface area contributed by atoms with Gasteiger partial charge in [-0.1, -0.05) is 121 Å². The molecule has 3 nitrogen and oxygen atoms in total. The number of carbonyl (C=O) groups excluding carboxylic acids is 1. The summed E-state index contributed by atoms with van der Waals surface area (Å²) in [7, 11) is 0. The number of benzene rings is 4. The smallest absolute Gasteiger partial charge is 0.213 e. The third kappa shape index (κ3) is 5.55. The maximum atomic E-state index is 13.4. The minimum Gasteiger partial charge on any atom is -0.287 e. The van der Waals surface area contributed by atoms with Gasteiger partial charge in [-0.2, -0.15) is 5.10 Å². The number of Topliss-reactive ketones (excluding diaryl/α,β-unsaturated/α-hetero) is 1. The lowest BCUT2D eigenvalue weighted by Crippen LogP contribution is -2.24. The molecule has 4 rings (SSSR count). The predicted molar refractivity (Wildman–Crippen MR) is 126 cm³/mol. The summed E-state index contributed by atoms with van der Waals surface area (Å²) in [6.07, 6.45) is 0. The van der Waals surface area contributed by atoms with Gasteiger partial charge in [0.1, 0.15) is 5.71 Å². The van der Waals surface area contributed by atoms with Crippen LogP contribution in [0.3, 0.4) is 0 Å². The molecule has 4 aromatic rings. The Morgan fingerprint density at radius 2 is 0.935 bits per heavy atom. The number of hydrazone groups is 1. The van der Waals surface area contributed by atoms with Gasteiger partial charge in [-0.25, -0.2) is 0 Å². The Hall–Kier alpha value is -3.98. The van der Waals surface area contributed by atoms with Crippen LogP contribution in [0.15, 0.2) is 126 Å². The second kappa shape index (κ2) is 10.2. The van der Waals surface area contributed by atoms with Gasteiger partial charge in [0, 0.05) is 11.1 Å². The van der Waals surface area contributed by atoms with Crippen LogP contribution in [0.1, 0.15) is 27.0 Å². The lowest BCUT2D eigenvalue weighted by atomic mass is 10.0. The van der Waals surface area contributed by atoms with E-state index in [-0.39, 0.29) is 5.78 Å². The number of rotatable bonds is 8. The van der Waals surface area contributed by atoms with Crippen molar-refractivity contribution < 1.29 is 4.79 Å². The first-order valence-corrected chi connectivity index (χ1v) is 10.4. The van der Waals surface area contributed by atoms with Gasteiger partial charge >= 0.3 is 0 Å². The van der Waals surface area contributed by atoms with Gasteiger partial charge in [-0.15, -0.1) is 0 Å². The van der Waals surface area contributed by atoms with E-state index in [1.165, 1.54) is 0 Å². The fraction of sp³-hybridized carbons (Fsp3) is 0.0714. The van der Waals surface area contributed by atoms with Crippen molar-refractivity contribution >= 4 is 11.5 Å². The summed E-state index contributed by atoms with van der Waals surface area (Å²) in [5, 5.41) is 6.88. The molecule has 0 aliphatic heterocycles. The van der Waals surface area contributed by atoms with Crippen LogP contribution >= 0.6 is 0 Å². The van der Waals surface area contributed by atoms with Crippen molar-refractivity contribution in [3.8, 4) is 0 Å². The molecular weight excluding hydrogens is 380 g/mol. The molecule has 0 amide bonds. The highest BCUT2D eigenvalue weighted by Gasteiger charge is 2.18. The molecule has 152 valence electrons. The SMILES string of the molecule is O=C(/C(=N/N(Cc1ccccc1)Cc1ccccc1)c1ccccc1)c1ccccc1. The third-order valence-electron chi connectivity index (χ3n) is 4.96. The van der Waals surface area contributed by atoms with Crippen LogP contribution in [0.2, 0.25) is 0 Å². The molecule has 0 saturated heterocycles. The van der Waals surface area contributed by atoms with Crippen LogP contribution in [-0.2, 0) is 13.1 Å². The van der Waals surface area contributed by atoms with Crippen molar-refractivity contribution in [3.05, 3.63) is 144 Å². The van der Waals surface area contributed by atoms with Gasteiger partial charge < -0.3 is 0 Å². The Kier molecular flexibility index (Phi) is 6.66. The molecule has 0 saturated carbocycles. The molecule has 0 spiro atoms. The Morgan fingerprint density at radius 3 is 1.39 bits per heavy atom. The molecule has 0 heterocycles. The Bertz CT molecular complexity index is 1080. The molecule has 0 N–H and O–H groups in total. The third-order valence-corrected chi connectivity index (χ3v) is 4.96. The van der Waals surface area contributed by atoms with Crippen molar-refractivity contribution in [3.63, 3.8) is 0 Å². The lowest BCUT2D eigenvalue weighted by Gasteiger charge is -2.21. The highest BCUT2D eigenvalue weighted by molar-refractivity contribution is 6.51. The molecule has 0 unspecified atom stereocenters. The Balaban J connectivity index is 1.74. The lowest BCUT2D eigenvalue weighted by molar-refractivity contribution is 0.106. The second-order valence-corrected chi connectivity index (χ2v) is 7.30. The first-order valence-electron chi connectivity index (χ1n) is 10.4. The van der Waals surface area contributed by atoms with Crippen molar-refractivity contribution in [2.75, 3.05) is 0 Å². The molecule has 0 bridgehead atoms. The zero-order valence-corrected chi connectivity index (χ0v) is 17.3. The summed E-state index contributed by atoms with van der Waals surface area (Å²) >= 11 is 0. The summed E-state index contributed by atoms with van der Waals surface area (Å²) in [5.41, 5.74) is 4.16. The largest absolute Gasteiger partial charge is 0.287 e. The summed E-state index contributed by atoms with van der Waals surface area (Å²) in [4.78, 5) is 13.4. The van der Waals surface area contributed by atoms with Gasteiger partial charge in [0.15, 0.2) is 0 Å². The van der Waals surface area contributed by atoms with E-state index in [2.05, 4.69) is 24.3 Å². The summed E-state index contributed by atoms with van der Waals surface area (Å²) in [6.45, 7) is 1.21. The molecule has 0 atom stereocenters. The van der Waals surface area contributed by atoms with Gasteiger partial charge in [-0.05, 0) is 11.1 Å². The highest BCUT2D eigenvalue weighted by atomic mass is 16.1. The van der Waals surface area contributed by atoms with E-state index in [4.69, 9.17) is 5.10 Å². The quantitative estimate of drug-likeness (QED) is 0.206. The van der Waals surface area contributed by atoms with Crippen LogP contribution in [0.25, 0.3) is 0 Å². The summed E-state index contributed by atoms with van der Waals surface area (Å²) in [5.74, 6) is -0.0853. The second-order valence-electron chi connectivity index (χ2n) is 7.30. The molecule has 0 radical (unpaired) electrons. The normalized spacial score (nSPS) is 11.2. The maximum absolute atomic E-state index is 13.4. The molecule has 31 heavy (non-hydrogen) atoms. The van der Waals surface area contributed by atoms with Crippen molar-refractivity contribution in [2.45, 2.75) is 13.1 Å². The zero-order valence-electron chi connectivity index (χ0n) is 17.3. The average Bonchev–Trinajstić information content (AvgIpc) is 2.84. The fourth-order valence-corrected chi connectivity index (χ4v) is 3.41. The number of ketones is 1. The van der Waals surface area contributed by atoms with Gasteiger partial charge in [0.2, 0.25) is 5.78 Å². The van der Waals surface area contributed by atoms with E-state index in [1.54, 1.807) is 0 Å². The zero-order chi connectivity index (χ0) is 21.3. The van der Waals surface area contributed by atoms with Crippen molar-refractivity contribution in [1.82, 2.24) is 5.01 Å². The molecule has 0 aromatic heterocycles. The summed E-state index contributed by atoms with van der Waals surface area (Å²) < 4.78 is 0. The average molecular weight is 405 g/mol. The molecule has 0 aliphatic rings. The van der Waals surface area contributed by atoms with E-state index >= 15 is 0 Å². The van der Waals surface area contributed by atoms with Gasteiger partial charge in [-0.3, -0.25) is 9.80 Å². The highest BCUT2D eigenvalue weighted by Crippen LogP contribution is 2.15. The number of carbonyl (C=O) groups is 1. The minimum absolute atomic E-state index is 0.0853. The maximum Gasteiger partial charge on any atom is 0.213 e. The van der Waals surface area contributed by atoms with E-state index in [0.717, 1.165) is 16.7 Å². The molecular formula is C28H24N2O. The van der Waals surface area contributed by atoms with Crippen molar-refractivity contribution in [2.24, 2.45) is 5.10 Å². The molecule has 0 aliphatic carbocycles. The number of nitrogens with zero attached hydrogens (tertiary/aromatic N) is 2. The first kappa shape index (κ1) is 20.3. The van der Waals surface area contributed by atoms with E-state index in [1.807, 2.05) is 102 Å². The minimum atomic E-state index is -0.0853.